The van der Waals surface area contributed by atoms with E-state index < -0.39 is 3.23 Å². The Balaban J connectivity index is 3.22. The molecule has 0 N–H and O–H groups in total. The van der Waals surface area contributed by atoms with Crippen molar-refractivity contribution in [1.29, 1.82) is 0 Å². The fourth-order valence-corrected chi connectivity index (χ4v) is 5.62. The first kappa shape index (κ1) is 14.2. The summed E-state index contributed by atoms with van der Waals surface area (Å²) >= 11 is 25.2. The van der Waals surface area contributed by atoms with Crippen LogP contribution in [0.4, 0.5) is 0 Å². The lowest BCUT2D eigenvalue weighted by Gasteiger charge is -2.46. The zero-order valence-electron chi connectivity index (χ0n) is 5.88. The van der Waals surface area contributed by atoms with Crippen LogP contribution in [0.15, 0.2) is 12.2 Å². The molecule has 0 aliphatic heterocycles. The summed E-state index contributed by atoms with van der Waals surface area (Å²) in [5.74, 6) is 0. The maximum absolute atomic E-state index is 3.62. The van der Waals surface area contributed by atoms with Crippen LogP contribution in [0, 0.1) is 0 Å². The van der Waals surface area contributed by atoms with Gasteiger partial charge in [-0.25, -0.2) is 0 Å². The second kappa shape index (κ2) is 4.41. The van der Waals surface area contributed by atoms with Crippen LogP contribution in [0.5, 0.6) is 0 Å². The molecule has 0 bridgehead atoms. The van der Waals surface area contributed by atoms with Crippen LogP contribution in [0.3, 0.4) is 0 Å². The standard InChI is InChI=1S/C6H3Br7/c7-3-1-2-4(8,9)6(12,13)5(3,10)11/h1-3H. The van der Waals surface area contributed by atoms with E-state index in [0.717, 1.165) is 0 Å². The first-order chi connectivity index (χ1) is 5.63. The molecular formula is C6H3Br7. The summed E-state index contributed by atoms with van der Waals surface area (Å²) < 4.78 is -1.10. The Morgan fingerprint density at radius 2 is 1.38 bits per heavy atom. The van der Waals surface area contributed by atoms with E-state index in [1.807, 2.05) is 12.2 Å². The molecule has 0 aromatic heterocycles. The number of allylic oxidation sites excluding steroid dienone is 2. The first-order valence-electron chi connectivity index (χ1n) is 3.10. The molecule has 7 heteroatoms. The van der Waals surface area contributed by atoms with Crippen LogP contribution in [0.1, 0.15) is 0 Å². The van der Waals surface area contributed by atoms with Gasteiger partial charge in [0.15, 0.2) is 0 Å². The second-order valence-corrected chi connectivity index (χ2v) is 14.1. The van der Waals surface area contributed by atoms with Crippen molar-refractivity contribution in [2.45, 2.75) is 14.5 Å². The van der Waals surface area contributed by atoms with Crippen molar-refractivity contribution in [3.63, 3.8) is 0 Å². The van der Waals surface area contributed by atoms with Gasteiger partial charge in [0.1, 0.15) is 9.70 Å². The molecular weight excluding hydrogens is 631 g/mol. The molecule has 0 saturated carbocycles. The highest BCUT2D eigenvalue weighted by Gasteiger charge is 2.60. The Hall–Kier alpha value is 3.10. The van der Waals surface area contributed by atoms with Gasteiger partial charge >= 0.3 is 0 Å². The Labute approximate surface area is 136 Å². The second-order valence-electron chi connectivity index (χ2n) is 2.58. The van der Waals surface area contributed by atoms with Crippen LogP contribution in [0.25, 0.3) is 0 Å². The molecule has 1 rings (SSSR count). The van der Waals surface area contributed by atoms with Crippen LogP contribution < -0.4 is 0 Å². The quantitative estimate of drug-likeness (QED) is 0.235. The number of halogens is 7. The minimum Gasteiger partial charge on any atom is -0.0820 e. The molecule has 1 unspecified atom stereocenters. The Morgan fingerprint density at radius 1 is 0.923 bits per heavy atom. The van der Waals surface area contributed by atoms with Gasteiger partial charge in [0, 0.05) is 0 Å². The van der Waals surface area contributed by atoms with Gasteiger partial charge in [-0.3, -0.25) is 0 Å². The Kier molecular flexibility index (Phi) is 4.80. The average molecular weight is 634 g/mol. The molecule has 1 aliphatic carbocycles. The lowest BCUT2D eigenvalue weighted by molar-refractivity contribution is 0.735. The lowest BCUT2D eigenvalue weighted by Crippen LogP contribution is -2.53. The molecule has 0 spiro atoms. The van der Waals surface area contributed by atoms with E-state index >= 15 is 0 Å². The van der Waals surface area contributed by atoms with E-state index in [1.165, 1.54) is 0 Å². The van der Waals surface area contributed by atoms with E-state index in [1.54, 1.807) is 0 Å². The van der Waals surface area contributed by atoms with E-state index in [0.29, 0.717) is 0 Å². The van der Waals surface area contributed by atoms with Crippen LogP contribution >= 0.6 is 112 Å². The molecule has 1 aliphatic rings. The summed E-state index contributed by atoms with van der Waals surface area (Å²) in [6.45, 7) is 0. The summed E-state index contributed by atoms with van der Waals surface area (Å²) in [6, 6.07) is 0. The maximum Gasteiger partial charge on any atom is 0.135 e. The van der Waals surface area contributed by atoms with Gasteiger partial charge in [0.25, 0.3) is 0 Å². The van der Waals surface area contributed by atoms with Crippen molar-refractivity contribution >= 4 is 112 Å². The summed E-state index contributed by atoms with van der Waals surface area (Å²) in [6.07, 6.45) is 4.07. The van der Waals surface area contributed by atoms with E-state index in [-0.39, 0.29) is 11.3 Å². The molecule has 0 saturated heterocycles. The zero-order chi connectivity index (χ0) is 10.5. The molecule has 0 radical (unpaired) electrons. The molecule has 0 amide bonds. The summed E-state index contributed by atoms with van der Waals surface area (Å²) in [5.41, 5.74) is 0. The Morgan fingerprint density at radius 3 is 1.77 bits per heavy atom. The summed E-state index contributed by atoms with van der Waals surface area (Å²) in [5, 5.41) is 0. The largest absolute Gasteiger partial charge is 0.135 e. The molecule has 0 aromatic carbocycles. The van der Waals surface area contributed by atoms with Crippen molar-refractivity contribution in [2.24, 2.45) is 0 Å². The lowest BCUT2D eigenvalue weighted by atomic mass is 10.1. The van der Waals surface area contributed by atoms with Gasteiger partial charge in [-0.15, -0.1) is 0 Å². The first-order valence-corrected chi connectivity index (χ1v) is 8.77. The summed E-state index contributed by atoms with van der Waals surface area (Å²) in [7, 11) is 0. The number of hydrogen-bond donors (Lipinski definition) is 0. The van der Waals surface area contributed by atoms with Gasteiger partial charge in [0.2, 0.25) is 0 Å². The van der Waals surface area contributed by atoms with Gasteiger partial charge in [-0.05, 0) is 0 Å². The highest BCUT2D eigenvalue weighted by molar-refractivity contribution is 9.33. The van der Waals surface area contributed by atoms with Crippen LogP contribution in [-0.4, -0.2) is 14.5 Å². The predicted octanol–water partition coefficient (Wildman–Crippen LogP) is 5.78. The fourth-order valence-electron chi connectivity index (χ4n) is 0.826. The number of alkyl halides is 7. The van der Waals surface area contributed by atoms with E-state index in [2.05, 4.69) is 112 Å². The van der Waals surface area contributed by atoms with Crippen molar-refractivity contribution in [1.82, 2.24) is 0 Å². The molecule has 76 valence electrons. The molecule has 0 nitrogen and oxygen atoms in total. The SMILES string of the molecule is BrC1C=CC(Br)(Br)C(Br)(Br)C1(Br)Br. The fraction of sp³-hybridized carbons (Fsp3) is 0.667. The predicted molar refractivity (Wildman–Crippen MR) is 83.6 cm³/mol. The van der Waals surface area contributed by atoms with Gasteiger partial charge in [-0.2, -0.15) is 0 Å². The van der Waals surface area contributed by atoms with Crippen LogP contribution in [0.2, 0.25) is 0 Å². The van der Waals surface area contributed by atoms with E-state index in [9.17, 15) is 0 Å². The zero-order valence-corrected chi connectivity index (χ0v) is 17.0. The number of hydrogen-bond acceptors (Lipinski definition) is 0. The summed E-state index contributed by atoms with van der Waals surface area (Å²) in [4.78, 5) is 0.168. The average Bonchev–Trinajstić information content (AvgIpc) is 1.97. The third-order valence-corrected chi connectivity index (χ3v) is 14.5. The molecule has 0 fully saturated rings. The van der Waals surface area contributed by atoms with Crippen molar-refractivity contribution < 1.29 is 0 Å². The van der Waals surface area contributed by atoms with Crippen LogP contribution in [-0.2, 0) is 0 Å². The third kappa shape index (κ3) is 2.37. The molecule has 1 atom stereocenters. The van der Waals surface area contributed by atoms with Crippen molar-refractivity contribution in [3.05, 3.63) is 12.2 Å². The topological polar surface area (TPSA) is 0 Å². The van der Waals surface area contributed by atoms with E-state index in [4.69, 9.17) is 0 Å². The smallest absolute Gasteiger partial charge is 0.0820 e. The van der Waals surface area contributed by atoms with Gasteiger partial charge in [0.05, 0.1) is 4.83 Å². The monoisotopic (exact) mass is 627 g/mol. The van der Waals surface area contributed by atoms with Gasteiger partial charge in [-0.1, -0.05) is 124 Å². The highest BCUT2D eigenvalue weighted by atomic mass is 79.9. The van der Waals surface area contributed by atoms with Crippen molar-refractivity contribution in [2.75, 3.05) is 0 Å². The third-order valence-electron chi connectivity index (χ3n) is 1.66. The Bertz CT molecular complexity index is 241. The molecule has 13 heavy (non-hydrogen) atoms. The number of rotatable bonds is 0. The van der Waals surface area contributed by atoms with Gasteiger partial charge < -0.3 is 0 Å². The van der Waals surface area contributed by atoms with Crippen molar-refractivity contribution in [3.8, 4) is 0 Å². The molecule has 0 aromatic rings. The maximum atomic E-state index is 3.62. The highest BCUT2D eigenvalue weighted by Crippen LogP contribution is 2.64. The molecule has 0 heterocycles. The normalized spacial score (nSPS) is 34.5. The minimum absolute atomic E-state index is 0.168. The minimum atomic E-state index is -0.400.